The second kappa shape index (κ2) is 9.26. The van der Waals surface area contributed by atoms with E-state index in [1.165, 1.54) is 6.20 Å². The van der Waals surface area contributed by atoms with Gasteiger partial charge in [-0.25, -0.2) is 9.78 Å². The van der Waals surface area contributed by atoms with Crippen molar-refractivity contribution in [3.8, 4) is 11.1 Å². The van der Waals surface area contributed by atoms with Crippen LogP contribution in [0.15, 0.2) is 54.7 Å². The predicted molar refractivity (Wildman–Crippen MR) is 127 cm³/mol. The molecule has 2 aliphatic rings. The monoisotopic (exact) mass is 477 g/mol. The first-order valence-corrected chi connectivity index (χ1v) is 11.9. The van der Waals surface area contributed by atoms with E-state index in [0.717, 1.165) is 40.0 Å². The maximum absolute atomic E-state index is 12.8. The van der Waals surface area contributed by atoms with E-state index in [1.807, 2.05) is 24.3 Å². The lowest BCUT2D eigenvalue weighted by Gasteiger charge is -2.22. The van der Waals surface area contributed by atoms with Crippen LogP contribution in [-0.2, 0) is 9.53 Å². The van der Waals surface area contributed by atoms with E-state index in [-0.39, 0.29) is 36.0 Å². The number of aromatic nitrogens is 1. The van der Waals surface area contributed by atoms with E-state index in [9.17, 15) is 14.4 Å². The highest BCUT2D eigenvalue weighted by atomic mass is 32.1. The number of nitrogens with zero attached hydrogens (tertiary/aromatic N) is 2. The van der Waals surface area contributed by atoms with Crippen molar-refractivity contribution in [2.24, 2.45) is 0 Å². The standard InChI is InChI=1S/C25H23N3O5S/c29-22(30)12-15-6-5-11-28(15)23(31)21-13-26-24(34-21)27-25(32)33-14-20-18-9-3-1-7-16(18)17-8-2-4-10-19(17)20/h1-4,7-10,13,15,20H,5-6,11-12,14H2,(H,29,30)(H,26,27,32)/t15-/m0/s1. The first-order valence-electron chi connectivity index (χ1n) is 11.1. The molecule has 2 amide bonds. The second-order valence-corrected chi connectivity index (χ2v) is 9.40. The van der Waals surface area contributed by atoms with E-state index in [4.69, 9.17) is 9.84 Å². The van der Waals surface area contributed by atoms with Crippen LogP contribution in [0.2, 0.25) is 0 Å². The van der Waals surface area contributed by atoms with Crippen molar-refractivity contribution in [1.82, 2.24) is 9.88 Å². The maximum Gasteiger partial charge on any atom is 0.413 e. The topological polar surface area (TPSA) is 109 Å². The summed E-state index contributed by atoms with van der Waals surface area (Å²) in [7, 11) is 0. The molecule has 1 aliphatic carbocycles. The molecule has 0 radical (unpaired) electrons. The highest BCUT2D eigenvalue weighted by Crippen LogP contribution is 2.44. The summed E-state index contributed by atoms with van der Waals surface area (Å²) in [6.45, 7) is 0.700. The summed E-state index contributed by atoms with van der Waals surface area (Å²) < 4.78 is 5.53. The fourth-order valence-electron chi connectivity index (χ4n) is 4.81. The van der Waals surface area contributed by atoms with Gasteiger partial charge in [0, 0.05) is 18.5 Å². The SMILES string of the molecule is O=C(O)C[C@@H]1CCCN1C(=O)c1cnc(NC(=O)OCC2c3ccccc3-c3ccccc32)s1. The Hall–Kier alpha value is -3.72. The average molecular weight is 478 g/mol. The Morgan fingerprint density at radius 1 is 1.09 bits per heavy atom. The molecule has 2 aromatic carbocycles. The molecule has 9 heteroatoms. The Labute approximate surface area is 200 Å². The van der Waals surface area contributed by atoms with Crippen molar-refractivity contribution >= 4 is 34.4 Å². The number of carboxylic acids is 1. The molecule has 1 saturated heterocycles. The number of benzene rings is 2. The molecule has 174 valence electrons. The van der Waals surface area contributed by atoms with Gasteiger partial charge in [-0.05, 0) is 35.1 Å². The number of rotatable bonds is 6. The van der Waals surface area contributed by atoms with Gasteiger partial charge in [-0.3, -0.25) is 14.9 Å². The van der Waals surface area contributed by atoms with Gasteiger partial charge < -0.3 is 14.7 Å². The van der Waals surface area contributed by atoms with Crippen LogP contribution in [0, 0.1) is 0 Å². The number of anilines is 1. The zero-order chi connectivity index (χ0) is 23.7. The number of hydrogen-bond donors (Lipinski definition) is 2. The Morgan fingerprint density at radius 2 is 1.76 bits per heavy atom. The Kier molecular flexibility index (Phi) is 6.02. The van der Waals surface area contributed by atoms with Gasteiger partial charge in [0.05, 0.1) is 12.6 Å². The first kappa shape index (κ1) is 22.1. The van der Waals surface area contributed by atoms with Crippen LogP contribution in [0.4, 0.5) is 9.93 Å². The van der Waals surface area contributed by atoms with Crippen molar-refractivity contribution in [1.29, 1.82) is 0 Å². The molecule has 0 bridgehead atoms. The largest absolute Gasteiger partial charge is 0.481 e. The lowest BCUT2D eigenvalue weighted by Crippen LogP contribution is -2.36. The molecule has 1 aliphatic heterocycles. The summed E-state index contributed by atoms with van der Waals surface area (Å²) in [5.74, 6) is -1.23. The lowest BCUT2D eigenvalue weighted by molar-refractivity contribution is -0.137. The summed E-state index contributed by atoms with van der Waals surface area (Å²) in [6, 6.07) is 15.9. The fraction of sp³-hybridized carbons (Fsp3) is 0.280. The van der Waals surface area contributed by atoms with Crippen LogP contribution in [0.5, 0.6) is 0 Å². The summed E-state index contributed by atoms with van der Waals surface area (Å²) in [5.41, 5.74) is 4.55. The molecule has 0 spiro atoms. The van der Waals surface area contributed by atoms with Gasteiger partial charge in [-0.2, -0.15) is 0 Å². The maximum atomic E-state index is 12.8. The molecule has 0 saturated carbocycles. The average Bonchev–Trinajstić information content (AvgIpc) is 3.55. The van der Waals surface area contributed by atoms with Crippen molar-refractivity contribution in [2.75, 3.05) is 18.5 Å². The summed E-state index contributed by atoms with van der Waals surface area (Å²) in [6.07, 6.45) is 2.13. The number of hydrogen-bond acceptors (Lipinski definition) is 6. The molecule has 3 aromatic rings. The zero-order valence-electron chi connectivity index (χ0n) is 18.3. The summed E-state index contributed by atoms with van der Waals surface area (Å²) in [4.78, 5) is 42.4. The van der Waals surface area contributed by atoms with Gasteiger partial charge in [0.1, 0.15) is 11.5 Å². The lowest BCUT2D eigenvalue weighted by atomic mass is 9.98. The molecule has 0 unspecified atom stereocenters. The van der Waals surface area contributed by atoms with Crippen LogP contribution in [0.3, 0.4) is 0 Å². The third-order valence-electron chi connectivity index (χ3n) is 6.32. The number of ether oxygens (including phenoxy) is 1. The molecule has 8 nitrogen and oxygen atoms in total. The van der Waals surface area contributed by atoms with Gasteiger partial charge in [0.15, 0.2) is 5.13 Å². The molecule has 2 N–H and O–H groups in total. The van der Waals surface area contributed by atoms with Crippen LogP contribution in [0.1, 0.15) is 46.0 Å². The minimum atomic E-state index is -0.924. The predicted octanol–water partition coefficient (Wildman–Crippen LogP) is 4.58. The van der Waals surface area contributed by atoms with Crippen molar-refractivity contribution in [2.45, 2.75) is 31.2 Å². The number of nitrogens with one attached hydrogen (secondary N) is 1. The van der Waals surface area contributed by atoms with E-state index in [1.54, 1.807) is 4.90 Å². The molecule has 5 rings (SSSR count). The van der Waals surface area contributed by atoms with Gasteiger partial charge in [0.2, 0.25) is 0 Å². The van der Waals surface area contributed by atoms with Gasteiger partial charge >= 0.3 is 12.1 Å². The van der Waals surface area contributed by atoms with Crippen molar-refractivity contribution < 1.29 is 24.2 Å². The molecule has 34 heavy (non-hydrogen) atoms. The fourth-order valence-corrected chi connectivity index (χ4v) is 5.57. The number of aliphatic carboxylic acids is 1. The molecular formula is C25H23N3O5S. The van der Waals surface area contributed by atoms with E-state index in [0.29, 0.717) is 17.8 Å². The third kappa shape index (κ3) is 4.26. The quantitative estimate of drug-likeness (QED) is 0.538. The number of likely N-dealkylation sites (tertiary alicyclic amines) is 1. The number of amides is 2. The van der Waals surface area contributed by atoms with Crippen LogP contribution in [-0.4, -0.2) is 52.2 Å². The molecule has 1 aromatic heterocycles. The Balaban J connectivity index is 1.21. The van der Waals surface area contributed by atoms with Gasteiger partial charge in [-0.15, -0.1) is 0 Å². The van der Waals surface area contributed by atoms with Gasteiger partial charge in [-0.1, -0.05) is 59.9 Å². The van der Waals surface area contributed by atoms with Crippen LogP contribution >= 0.6 is 11.3 Å². The van der Waals surface area contributed by atoms with Crippen LogP contribution < -0.4 is 5.32 Å². The first-order chi connectivity index (χ1) is 16.5. The Morgan fingerprint density at radius 3 is 2.44 bits per heavy atom. The van der Waals surface area contributed by atoms with E-state index in [2.05, 4.69) is 34.6 Å². The second-order valence-electron chi connectivity index (χ2n) is 8.37. The number of carbonyl (C=O) groups is 3. The zero-order valence-corrected chi connectivity index (χ0v) is 19.1. The van der Waals surface area contributed by atoms with E-state index < -0.39 is 12.1 Å². The molecular weight excluding hydrogens is 454 g/mol. The van der Waals surface area contributed by atoms with E-state index >= 15 is 0 Å². The highest BCUT2D eigenvalue weighted by molar-refractivity contribution is 7.17. The minimum absolute atomic E-state index is 0.0482. The van der Waals surface area contributed by atoms with Crippen molar-refractivity contribution in [3.63, 3.8) is 0 Å². The molecule has 1 fully saturated rings. The summed E-state index contributed by atoms with van der Waals surface area (Å²) >= 11 is 1.05. The number of thiazole rings is 1. The number of carboxylic acid groups (broad SMARTS) is 1. The Bertz CT molecular complexity index is 1210. The summed E-state index contributed by atoms with van der Waals surface area (Å²) in [5, 5.41) is 11.9. The highest BCUT2D eigenvalue weighted by Gasteiger charge is 2.32. The van der Waals surface area contributed by atoms with Gasteiger partial charge in [0.25, 0.3) is 5.91 Å². The molecule has 2 heterocycles. The number of fused-ring (bicyclic) bond motifs is 3. The smallest absolute Gasteiger partial charge is 0.413 e. The normalized spacial score (nSPS) is 16.7. The van der Waals surface area contributed by atoms with Crippen molar-refractivity contribution in [3.05, 3.63) is 70.7 Å². The number of carbonyl (C=O) groups excluding carboxylic acids is 2. The minimum Gasteiger partial charge on any atom is -0.481 e. The third-order valence-corrected chi connectivity index (χ3v) is 7.22. The van der Waals surface area contributed by atoms with Crippen LogP contribution in [0.25, 0.3) is 11.1 Å². The molecule has 1 atom stereocenters.